The number of carbonyl (C=O) groups excluding carboxylic acids is 1. The Labute approximate surface area is 167 Å². The number of carbonyl (C=O) groups is 2. The van der Waals surface area contributed by atoms with Gasteiger partial charge in [-0.25, -0.2) is 0 Å². The molecule has 0 saturated carbocycles. The van der Waals surface area contributed by atoms with Crippen molar-refractivity contribution in [3.05, 3.63) is 0 Å². The van der Waals surface area contributed by atoms with E-state index in [0.717, 1.165) is 25.7 Å². The third-order valence-electron chi connectivity index (χ3n) is 6.08. The van der Waals surface area contributed by atoms with Gasteiger partial charge in [-0.3, -0.25) is 9.59 Å². The fraction of sp³-hybridized carbons (Fsp3) is 0.905. The molecule has 8 atom stereocenters. The molecule has 7 nitrogen and oxygen atoms in total. The summed E-state index contributed by atoms with van der Waals surface area (Å²) in [4.78, 5) is 23.6. The minimum Gasteiger partial charge on any atom is -0.481 e. The first kappa shape index (κ1) is 23.1. The second kappa shape index (κ2) is 10.6. The normalized spacial score (nSPS) is 31.9. The first-order valence-corrected chi connectivity index (χ1v) is 10.6. The molecule has 0 aromatic carbocycles. The van der Waals surface area contributed by atoms with Gasteiger partial charge in [-0.1, -0.05) is 6.92 Å². The summed E-state index contributed by atoms with van der Waals surface area (Å²) in [7, 11) is 0. The number of aliphatic carboxylic acids is 1. The van der Waals surface area contributed by atoms with Gasteiger partial charge in [-0.15, -0.1) is 0 Å². The molecule has 0 unspecified atom stereocenters. The van der Waals surface area contributed by atoms with Crippen LogP contribution in [0.25, 0.3) is 0 Å². The predicted octanol–water partition coefficient (Wildman–Crippen LogP) is 2.92. The third kappa shape index (κ3) is 6.42. The summed E-state index contributed by atoms with van der Waals surface area (Å²) in [6, 6.07) is 0. The van der Waals surface area contributed by atoms with Crippen LogP contribution in [0.3, 0.4) is 0 Å². The molecule has 0 aromatic rings. The zero-order valence-corrected chi connectivity index (χ0v) is 17.5. The van der Waals surface area contributed by atoms with Crippen LogP contribution in [-0.2, 0) is 23.8 Å². The average molecular weight is 401 g/mol. The molecule has 2 fully saturated rings. The largest absolute Gasteiger partial charge is 0.481 e. The van der Waals surface area contributed by atoms with E-state index in [9.17, 15) is 14.7 Å². The van der Waals surface area contributed by atoms with Gasteiger partial charge >= 0.3 is 11.9 Å². The molecule has 2 aliphatic heterocycles. The van der Waals surface area contributed by atoms with Crippen LogP contribution in [0, 0.1) is 11.8 Å². The molecule has 7 heteroatoms. The molecule has 0 aliphatic carbocycles. The standard InChI is InChI=1S/C21H36O7/c1-5-15(22)11-17-7-9-19(28-17)14(4)21(25)26-12(2)10-16-6-8-18(27-16)13(3)20(23)24/h12-19,22H,5-11H2,1-4H3,(H,23,24)/t12-,13-,14+,15+,16+,17-,18-,19+/m1/s1. The lowest BCUT2D eigenvalue weighted by Gasteiger charge is -2.23. The summed E-state index contributed by atoms with van der Waals surface area (Å²) in [6.07, 6.45) is 3.88. The van der Waals surface area contributed by atoms with Crippen LogP contribution < -0.4 is 0 Å². The molecule has 2 heterocycles. The van der Waals surface area contributed by atoms with Crippen molar-refractivity contribution < 1.29 is 34.0 Å². The summed E-state index contributed by atoms with van der Waals surface area (Å²) in [5, 5.41) is 18.9. The summed E-state index contributed by atoms with van der Waals surface area (Å²) < 4.78 is 17.4. The van der Waals surface area contributed by atoms with Crippen molar-refractivity contribution in [2.75, 3.05) is 0 Å². The lowest BCUT2D eigenvalue weighted by molar-refractivity contribution is -0.159. The van der Waals surface area contributed by atoms with Crippen LogP contribution in [0.4, 0.5) is 0 Å². The van der Waals surface area contributed by atoms with Gasteiger partial charge in [0.2, 0.25) is 0 Å². The maximum absolute atomic E-state index is 12.5. The molecule has 0 aromatic heterocycles. The van der Waals surface area contributed by atoms with Crippen LogP contribution in [-0.4, -0.2) is 58.8 Å². The van der Waals surface area contributed by atoms with Crippen molar-refractivity contribution >= 4 is 11.9 Å². The van der Waals surface area contributed by atoms with Crippen LogP contribution in [0.2, 0.25) is 0 Å². The van der Waals surface area contributed by atoms with E-state index in [1.807, 2.05) is 20.8 Å². The Bertz CT molecular complexity index is 523. The van der Waals surface area contributed by atoms with Gasteiger partial charge in [0, 0.05) is 6.42 Å². The molecule has 2 aliphatic rings. The first-order chi connectivity index (χ1) is 13.2. The Kier molecular flexibility index (Phi) is 8.71. The zero-order valence-electron chi connectivity index (χ0n) is 17.5. The van der Waals surface area contributed by atoms with Gasteiger partial charge in [0.1, 0.15) is 6.10 Å². The lowest BCUT2D eigenvalue weighted by atomic mass is 10.0. The summed E-state index contributed by atoms with van der Waals surface area (Å²) in [5.74, 6) is -2.00. The Balaban J connectivity index is 1.73. The molecular formula is C21H36O7. The van der Waals surface area contributed by atoms with Crippen LogP contribution in [0.1, 0.15) is 72.6 Å². The number of rotatable bonds is 10. The smallest absolute Gasteiger partial charge is 0.311 e. The van der Waals surface area contributed by atoms with Crippen molar-refractivity contribution in [1.82, 2.24) is 0 Å². The van der Waals surface area contributed by atoms with Crippen LogP contribution >= 0.6 is 0 Å². The van der Waals surface area contributed by atoms with Crippen molar-refractivity contribution in [3.63, 3.8) is 0 Å². The van der Waals surface area contributed by atoms with E-state index in [2.05, 4.69) is 0 Å². The Hall–Kier alpha value is -1.18. The second-order valence-corrected chi connectivity index (χ2v) is 8.44. The monoisotopic (exact) mass is 400 g/mol. The summed E-state index contributed by atoms with van der Waals surface area (Å²) in [5.41, 5.74) is 0. The van der Waals surface area contributed by atoms with E-state index in [1.54, 1.807) is 6.92 Å². The molecule has 162 valence electrons. The molecular weight excluding hydrogens is 364 g/mol. The number of hydrogen-bond acceptors (Lipinski definition) is 6. The number of carboxylic acid groups (broad SMARTS) is 1. The van der Waals surface area contributed by atoms with Crippen molar-refractivity contribution in [1.29, 1.82) is 0 Å². The maximum Gasteiger partial charge on any atom is 0.311 e. The van der Waals surface area contributed by atoms with E-state index in [-0.39, 0.29) is 48.5 Å². The topological polar surface area (TPSA) is 102 Å². The molecule has 0 spiro atoms. The summed E-state index contributed by atoms with van der Waals surface area (Å²) >= 11 is 0. The maximum atomic E-state index is 12.5. The van der Waals surface area contributed by atoms with Gasteiger partial charge in [0.15, 0.2) is 0 Å². The highest BCUT2D eigenvalue weighted by atomic mass is 16.6. The van der Waals surface area contributed by atoms with Gasteiger partial charge in [-0.2, -0.15) is 0 Å². The van der Waals surface area contributed by atoms with Crippen LogP contribution in [0.5, 0.6) is 0 Å². The highest BCUT2D eigenvalue weighted by Crippen LogP contribution is 2.31. The molecule has 0 radical (unpaired) electrons. The number of ether oxygens (including phenoxy) is 3. The van der Waals surface area contributed by atoms with Gasteiger partial charge in [-0.05, 0) is 59.3 Å². The summed E-state index contributed by atoms with van der Waals surface area (Å²) in [6.45, 7) is 7.28. The number of aliphatic hydroxyl groups excluding tert-OH is 1. The third-order valence-corrected chi connectivity index (χ3v) is 6.08. The highest BCUT2D eigenvalue weighted by molar-refractivity contribution is 5.73. The van der Waals surface area contributed by atoms with Crippen molar-refractivity contribution in [2.45, 2.75) is 109 Å². The molecule has 0 amide bonds. The molecule has 2 rings (SSSR count). The Morgan fingerprint density at radius 3 is 2.04 bits per heavy atom. The number of esters is 1. The van der Waals surface area contributed by atoms with E-state index in [1.165, 1.54) is 0 Å². The first-order valence-electron chi connectivity index (χ1n) is 10.6. The fourth-order valence-electron chi connectivity index (χ4n) is 4.05. The van der Waals surface area contributed by atoms with Gasteiger partial charge in [0.25, 0.3) is 0 Å². The van der Waals surface area contributed by atoms with E-state index in [0.29, 0.717) is 19.3 Å². The van der Waals surface area contributed by atoms with E-state index < -0.39 is 11.9 Å². The quantitative estimate of drug-likeness (QED) is 0.544. The average Bonchev–Trinajstić information content (AvgIpc) is 3.29. The van der Waals surface area contributed by atoms with E-state index >= 15 is 0 Å². The molecule has 0 bridgehead atoms. The molecule has 28 heavy (non-hydrogen) atoms. The molecule has 2 saturated heterocycles. The second-order valence-electron chi connectivity index (χ2n) is 8.44. The Morgan fingerprint density at radius 1 is 0.964 bits per heavy atom. The van der Waals surface area contributed by atoms with Crippen molar-refractivity contribution in [2.24, 2.45) is 11.8 Å². The number of hydrogen-bond donors (Lipinski definition) is 2. The van der Waals surface area contributed by atoms with Crippen LogP contribution in [0.15, 0.2) is 0 Å². The van der Waals surface area contributed by atoms with Crippen molar-refractivity contribution in [3.8, 4) is 0 Å². The number of aliphatic hydroxyl groups is 1. The minimum atomic E-state index is -0.847. The molecule has 2 N–H and O–H groups in total. The van der Waals surface area contributed by atoms with Gasteiger partial charge in [0.05, 0.1) is 42.4 Å². The highest BCUT2D eigenvalue weighted by Gasteiger charge is 2.36. The Morgan fingerprint density at radius 2 is 1.50 bits per heavy atom. The lowest BCUT2D eigenvalue weighted by Crippen LogP contribution is -2.32. The zero-order chi connectivity index (χ0) is 20.8. The fourth-order valence-corrected chi connectivity index (χ4v) is 4.05. The SMILES string of the molecule is CC[C@H](O)C[C@H]1CC[C@@H]([C@H](C)C(=O)O[C@H](C)C[C@@H]2CC[C@H]([C@@H](C)C(=O)O)O2)O1. The number of carboxylic acids is 1. The predicted molar refractivity (Wildman–Crippen MR) is 103 cm³/mol. The van der Waals surface area contributed by atoms with E-state index in [4.69, 9.17) is 19.3 Å². The van der Waals surface area contributed by atoms with Gasteiger partial charge < -0.3 is 24.4 Å². The minimum absolute atomic E-state index is 0.00710.